The molecule has 0 radical (unpaired) electrons. The lowest BCUT2D eigenvalue weighted by Crippen LogP contribution is -2.55. The molecule has 10 atom stereocenters. The summed E-state index contributed by atoms with van der Waals surface area (Å²) in [6.07, 6.45) is 24.2. The van der Waals surface area contributed by atoms with Crippen molar-refractivity contribution >= 4 is 0 Å². The van der Waals surface area contributed by atoms with Crippen molar-refractivity contribution in [3.05, 3.63) is 0 Å². The minimum atomic E-state index is 0.295. The van der Waals surface area contributed by atoms with E-state index in [-0.39, 0.29) is 0 Å². The molecular weight excluding hydrogens is 596 g/mol. The molecule has 3 rings (SSSR count). The quantitative estimate of drug-likeness (QED) is 0.0769. The summed E-state index contributed by atoms with van der Waals surface area (Å²) >= 11 is 0. The molecule has 0 aromatic carbocycles. The van der Waals surface area contributed by atoms with Crippen molar-refractivity contribution in [3.63, 3.8) is 0 Å². The molecule has 0 amide bonds. The van der Waals surface area contributed by atoms with Crippen molar-refractivity contribution in [2.45, 2.75) is 168 Å². The predicted octanol–water partition coefficient (Wildman–Crippen LogP) is 7.82. The van der Waals surface area contributed by atoms with Crippen LogP contribution in [-0.4, -0.2) is 70.9 Å². The van der Waals surface area contributed by atoms with E-state index in [2.05, 4.69) is 33.0 Å². The number of nitrogens with two attached hydrogens (primary N) is 3. The first-order valence-electron chi connectivity index (χ1n) is 21.0. The Morgan fingerprint density at radius 1 is 0.708 bits per heavy atom. The maximum absolute atomic E-state index is 6.85. The van der Waals surface area contributed by atoms with Crippen molar-refractivity contribution in [2.75, 3.05) is 52.5 Å². The highest BCUT2D eigenvalue weighted by Gasteiger charge is 2.56. The molecule has 0 aliphatic heterocycles. The van der Waals surface area contributed by atoms with Gasteiger partial charge in [0, 0.05) is 19.8 Å². The van der Waals surface area contributed by atoms with E-state index in [0.717, 1.165) is 70.8 Å². The zero-order valence-electron chi connectivity index (χ0n) is 32.2. The van der Waals surface area contributed by atoms with Gasteiger partial charge in [-0.2, -0.15) is 0 Å². The second kappa shape index (κ2) is 24.1. The van der Waals surface area contributed by atoms with E-state index in [1.165, 1.54) is 90.0 Å². The topological polar surface area (TPSA) is 118 Å². The summed E-state index contributed by atoms with van der Waals surface area (Å²) in [6.45, 7) is 16.8. The van der Waals surface area contributed by atoms with Gasteiger partial charge in [-0.05, 0) is 157 Å². The van der Waals surface area contributed by atoms with Crippen LogP contribution in [0.2, 0.25) is 0 Å². The van der Waals surface area contributed by atoms with E-state index in [1.807, 2.05) is 0 Å². The van der Waals surface area contributed by atoms with Gasteiger partial charge in [-0.1, -0.05) is 66.2 Å². The molecule has 0 aromatic heterocycles. The van der Waals surface area contributed by atoms with E-state index >= 15 is 0 Å². The lowest BCUT2D eigenvalue weighted by atomic mass is 9.49. The lowest BCUT2D eigenvalue weighted by molar-refractivity contribution is -0.168. The van der Waals surface area contributed by atoms with Gasteiger partial charge in [0.05, 0.1) is 18.3 Å². The van der Waals surface area contributed by atoms with Gasteiger partial charge in [-0.3, -0.25) is 0 Å². The largest absolute Gasteiger partial charge is 0.378 e. The number of ether oxygens (including phenoxy) is 3. The highest BCUT2D eigenvalue weighted by molar-refractivity contribution is 5.05. The molecule has 7 heteroatoms. The third-order valence-electron chi connectivity index (χ3n) is 13.1. The van der Waals surface area contributed by atoms with E-state index in [9.17, 15) is 0 Å². The van der Waals surface area contributed by atoms with E-state index < -0.39 is 0 Å². The average molecular weight is 679 g/mol. The predicted molar refractivity (Wildman–Crippen MR) is 203 cm³/mol. The van der Waals surface area contributed by atoms with Gasteiger partial charge in [-0.15, -0.1) is 0 Å². The normalized spacial score (nSPS) is 33.3. The molecule has 0 unspecified atom stereocenters. The Hall–Kier alpha value is -0.280. The minimum Gasteiger partial charge on any atom is -0.378 e. The molecule has 7 nitrogen and oxygen atoms in total. The van der Waals surface area contributed by atoms with Gasteiger partial charge in [0.25, 0.3) is 0 Å². The van der Waals surface area contributed by atoms with Crippen LogP contribution in [0.15, 0.2) is 0 Å². The Labute approximate surface area is 297 Å². The molecular formula is C41H82N4O3. The maximum Gasteiger partial charge on any atom is 0.0611 e. The smallest absolute Gasteiger partial charge is 0.0611 e. The van der Waals surface area contributed by atoms with E-state index in [0.29, 0.717) is 73.0 Å². The third kappa shape index (κ3) is 13.7. The molecule has 284 valence electrons. The van der Waals surface area contributed by atoms with Crippen LogP contribution in [0.25, 0.3) is 0 Å². The van der Waals surface area contributed by atoms with Gasteiger partial charge in [0.1, 0.15) is 0 Å². The molecule has 0 aromatic rings. The Kier molecular flexibility index (Phi) is 21.1. The zero-order chi connectivity index (χ0) is 34.6. The molecule has 0 spiro atoms. The molecule has 3 saturated carbocycles. The fourth-order valence-electron chi connectivity index (χ4n) is 9.97. The number of rotatable bonds is 24. The zero-order valence-corrected chi connectivity index (χ0v) is 32.2. The summed E-state index contributed by atoms with van der Waals surface area (Å²) < 4.78 is 20.1. The number of fused-ring (bicyclic) bond motifs is 3. The van der Waals surface area contributed by atoms with Crippen LogP contribution in [0.3, 0.4) is 0 Å². The average Bonchev–Trinajstić information content (AvgIpc) is 3.14. The van der Waals surface area contributed by atoms with Gasteiger partial charge >= 0.3 is 0 Å². The fraction of sp³-hybridized carbons (Fsp3) is 1.00. The standard InChI is InChI=1S/C41H82N4O3/c1-5-6-7-8-9-10-23-45-24-11-15-32(2)34-17-16-33(3)40-38(31-37(28-34)47-26-13-21-43)41(4)19-18-36(46-25-12-20-42)29-35(41)30-39(40)48-27-14-22-44/h32-40,45H,5-31,42-44H2,1-4H3/t32-,33+,34+,35+,36-,37-,38+,39-,40+,41+/m1/s1. The molecule has 7 N–H and O–H groups in total. The summed E-state index contributed by atoms with van der Waals surface area (Å²) in [5.74, 6) is 3.86. The second-order valence-corrected chi connectivity index (χ2v) is 16.6. The van der Waals surface area contributed by atoms with Crippen LogP contribution in [-0.2, 0) is 14.2 Å². The summed E-state index contributed by atoms with van der Waals surface area (Å²) in [4.78, 5) is 0. The molecule has 3 fully saturated rings. The first-order valence-corrected chi connectivity index (χ1v) is 21.0. The Morgan fingerprint density at radius 2 is 1.35 bits per heavy atom. The van der Waals surface area contributed by atoms with Crippen molar-refractivity contribution in [2.24, 2.45) is 58.1 Å². The highest BCUT2D eigenvalue weighted by atomic mass is 16.5. The van der Waals surface area contributed by atoms with Crippen molar-refractivity contribution < 1.29 is 14.2 Å². The Morgan fingerprint density at radius 3 is 2.06 bits per heavy atom. The number of hydrogen-bond acceptors (Lipinski definition) is 7. The van der Waals surface area contributed by atoms with Gasteiger partial charge in [0.15, 0.2) is 0 Å². The van der Waals surface area contributed by atoms with Gasteiger partial charge < -0.3 is 36.7 Å². The Balaban J connectivity index is 1.70. The van der Waals surface area contributed by atoms with Crippen LogP contribution in [0, 0.1) is 40.9 Å². The van der Waals surface area contributed by atoms with E-state index in [4.69, 9.17) is 31.4 Å². The van der Waals surface area contributed by atoms with Crippen LogP contribution < -0.4 is 22.5 Å². The summed E-state index contributed by atoms with van der Waals surface area (Å²) in [5, 5.41) is 3.75. The lowest BCUT2D eigenvalue weighted by Gasteiger charge is -2.59. The summed E-state index contributed by atoms with van der Waals surface area (Å²) in [7, 11) is 0. The van der Waals surface area contributed by atoms with Crippen LogP contribution in [0.5, 0.6) is 0 Å². The SMILES string of the molecule is CCCCCCCCNCCC[C@@H](C)[C@H]1CC[C@H](C)[C@@H]2[C@H](OCCCN)C[C@@H]3C[C@H](OCCCN)CC[C@]3(C)[C@H]2C[C@H](OCCCN)C1. The van der Waals surface area contributed by atoms with Crippen molar-refractivity contribution in [3.8, 4) is 0 Å². The second-order valence-electron chi connectivity index (χ2n) is 16.6. The monoisotopic (exact) mass is 679 g/mol. The number of nitrogens with one attached hydrogen (secondary N) is 1. The van der Waals surface area contributed by atoms with Crippen LogP contribution >= 0.6 is 0 Å². The molecule has 0 bridgehead atoms. The van der Waals surface area contributed by atoms with Crippen LogP contribution in [0.1, 0.15) is 150 Å². The summed E-state index contributed by atoms with van der Waals surface area (Å²) in [6, 6.07) is 0. The van der Waals surface area contributed by atoms with Crippen molar-refractivity contribution in [1.29, 1.82) is 0 Å². The fourth-order valence-corrected chi connectivity index (χ4v) is 9.97. The van der Waals surface area contributed by atoms with Gasteiger partial charge in [-0.25, -0.2) is 0 Å². The maximum atomic E-state index is 6.85. The minimum absolute atomic E-state index is 0.295. The number of hydrogen-bond donors (Lipinski definition) is 4. The van der Waals surface area contributed by atoms with Crippen molar-refractivity contribution in [1.82, 2.24) is 5.32 Å². The first kappa shape index (κ1) is 42.1. The third-order valence-corrected chi connectivity index (χ3v) is 13.1. The van der Waals surface area contributed by atoms with E-state index in [1.54, 1.807) is 0 Å². The highest BCUT2D eigenvalue weighted by Crippen LogP contribution is 2.60. The molecule has 0 saturated heterocycles. The summed E-state index contributed by atoms with van der Waals surface area (Å²) in [5.41, 5.74) is 18.0. The number of unbranched alkanes of at least 4 members (excludes halogenated alkanes) is 5. The molecule has 3 aliphatic carbocycles. The Bertz CT molecular complexity index is 804. The first-order chi connectivity index (χ1) is 23.4. The molecule has 48 heavy (non-hydrogen) atoms. The molecule has 0 heterocycles. The van der Waals surface area contributed by atoms with Gasteiger partial charge in [0.2, 0.25) is 0 Å². The van der Waals surface area contributed by atoms with Crippen LogP contribution in [0.4, 0.5) is 0 Å². The molecule has 3 aliphatic rings.